The minimum atomic E-state index is -0.499. The summed E-state index contributed by atoms with van der Waals surface area (Å²) >= 11 is 0. The maximum atomic E-state index is 12.6. The van der Waals surface area contributed by atoms with E-state index in [1.165, 1.54) is 4.90 Å². The number of aromatic hydroxyl groups is 1. The first kappa shape index (κ1) is 14.2. The average molecular weight is 299 g/mol. The van der Waals surface area contributed by atoms with Crippen molar-refractivity contribution in [3.8, 4) is 5.75 Å². The molecule has 114 valence electrons. The minimum Gasteiger partial charge on any atom is -0.508 e. The van der Waals surface area contributed by atoms with Crippen molar-refractivity contribution in [3.63, 3.8) is 0 Å². The van der Waals surface area contributed by atoms with Crippen LogP contribution in [0, 0.1) is 0 Å². The van der Waals surface area contributed by atoms with Gasteiger partial charge in [-0.1, -0.05) is 18.2 Å². The van der Waals surface area contributed by atoms with Gasteiger partial charge in [0, 0.05) is 13.6 Å². The molecule has 0 aromatic heterocycles. The van der Waals surface area contributed by atoms with Gasteiger partial charge >= 0.3 is 6.03 Å². The Morgan fingerprint density at radius 3 is 2.68 bits per heavy atom. The van der Waals surface area contributed by atoms with Gasteiger partial charge in [0.25, 0.3) is 5.91 Å². The summed E-state index contributed by atoms with van der Waals surface area (Å²) in [5, 5.41) is 12.2. The second-order valence-electron chi connectivity index (χ2n) is 5.37. The topological polar surface area (TPSA) is 72.9 Å². The lowest BCUT2D eigenvalue weighted by Gasteiger charge is -2.31. The first-order valence-electron chi connectivity index (χ1n) is 6.99. The highest BCUT2D eigenvalue weighted by Gasteiger charge is 2.42. The van der Waals surface area contributed by atoms with Gasteiger partial charge in [0.1, 0.15) is 5.75 Å². The predicted molar refractivity (Wildman–Crippen MR) is 80.9 cm³/mol. The van der Waals surface area contributed by atoms with Crippen molar-refractivity contribution in [2.24, 2.45) is 0 Å². The molecule has 22 heavy (non-hydrogen) atoms. The first-order valence-corrected chi connectivity index (χ1v) is 6.99. The highest BCUT2D eigenvalue weighted by molar-refractivity contribution is 6.01. The number of amides is 3. The van der Waals surface area contributed by atoms with Crippen LogP contribution in [-0.4, -0.2) is 47.0 Å². The van der Waals surface area contributed by atoms with Gasteiger partial charge < -0.3 is 15.3 Å². The zero-order valence-corrected chi connectivity index (χ0v) is 12.2. The molecule has 2 N–H and O–H groups in total. The van der Waals surface area contributed by atoms with E-state index in [0.717, 1.165) is 5.56 Å². The van der Waals surface area contributed by atoms with Crippen LogP contribution in [0.4, 0.5) is 4.79 Å². The molecule has 0 fully saturated rings. The number of hydrogen-bond donors (Lipinski definition) is 2. The molecule has 1 aromatic carbocycles. The number of likely N-dealkylation sites (N-methyl/N-ethyl adjacent to an activating group) is 1. The van der Waals surface area contributed by atoms with E-state index in [2.05, 4.69) is 11.9 Å². The second kappa shape index (κ2) is 5.22. The lowest BCUT2D eigenvalue weighted by atomic mass is 9.96. The normalized spacial score (nSPS) is 21.0. The number of nitrogens with one attached hydrogen (secondary N) is 1. The van der Waals surface area contributed by atoms with Crippen LogP contribution in [0.2, 0.25) is 0 Å². The van der Waals surface area contributed by atoms with Gasteiger partial charge in [0.2, 0.25) is 0 Å². The molecule has 1 unspecified atom stereocenters. The van der Waals surface area contributed by atoms with Crippen molar-refractivity contribution in [2.45, 2.75) is 6.04 Å². The Bertz CT molecular complexity index is 678. The smallest absolute Gasteiger partial charge is 0.322 e. The summed E-state index contributed by atoms with van der Waals surface area (Å²) in [4.78, 5) is 27.9. The van der Waals surface area contributed by atoms with E-state index in [4.69, 9.17) is 0 Å². The zero-order chi connectivity index (χ0) is 15.9. The number of carbonyl (C=O) groups is 2. The lowest BCUT2D eigenvalue weighted by molar-refractivity contribution is -0.125. The Kier molecular flexibility index (Phi) is 3.36. The fourth-order valence-corrected chi connectivity index (χ4v) is 2.84. The molecule has 1 aromatic rings. The second-order valence-corrected chi connectivity index (χ2v) is 5.37. The molecule has 6 heteroatoms. The number of benzene rings is 1. The summed E-state index contributed by atoms with van der Waals surface area (Å²) < 4.78 is 0. The van der Waals surface area contributed by atoms with Crippen LogP contribution >= 0.6 is 0 Å². The maximum Gasteiger partial charge on any atom is 0.322 e. The van der Waals surface area contributed by atoms with Crippen LogP contribution in [-0.2, 0) is 4.79 Å². The Morgan fingerprint density at radius 2 is 2.05 bits per heavy atom. The monoisotopic (exact) mass is 299 g/mol. The lowest BCUT2D eigenvalue weighted by Crippen LogP contribution is -2.45. The van der Waals surface area contributed by atoms with Crippen LogP contribution in [0.5, 0.6) is 5.75 Å². The van der Waals surface area contributed by atoms with E-state index < -0.39 is 6.04 Å². The third-order valence-electron chi connectivity index (χ3n) is 4.01. The Hall–Kier alpha value is -2.76. The van der Waals surface area contributed by atoms with Crippen LogP contribution in [0.3, 0.4) is 0 Å². The van der Waals surface area contributed by atoms with Crippen LogP contribution in [0.15, 0.2) is 48.2 Å². The molecule has 0 spiro atoms. The van der Waals surface area contributed by atoms with E-state index in [1.54, 1.807) is 42.3 Å². The van der Waals surface area contributed by atoms with E-state index in [1.807, 2.05) is 0 Å². The summed E-state index contributed by atoms with van der Waals surface area (Å²) in [5.41, 5.74) is 2.06. The maximum absolute atomic E-state index is 12.6. The quantitative estimate of drug-likeness (QED) is 0.828. The van der Waals surface area contributed by atoms with Crippen molar-refractivity contribution in [1.82, 2.24) is 15.1 Å². The Balaban J connectivity index is 2.03. The highest BCUT2D eigenvalue weighted by Crippen LogP contribution is 2.35. The third-order valence-corrected chi connectivity index (χ3v) is 4.01. The van der Waals surface area contributed by atoms with Crippen molar-refractivity contribution in [2.75, 3.05) is 20.1 Å². The number of urea groups is 1. The molecule has 2 aliphatic rings. The first-order chi connectivity index (χ1) is 10.5. The number of hydrogen-bond acceptors (Lipinski definition) is 3. The van der Waals surface area contributed by atoms with Crippen LogP contribution < -0.4 is 5.32 Å². The Labute approximate surface area is 128 Å². The van der Waals surface area contributed by atoms with Gasteiger partial charge in [-0.05, 0) is 17.7 Å². The zero-order valence-electron chi connectivity index (χ0n) is 12.2. The van der Waals surface area contributed by atoms with E-state index in [0.29, 0.717) is 24.4 Å². The summed E-state index contributed by atoms with van der Waals surface area (Å²) in [5.74, 6) is 0.0445. The molecule has 2 heterocycles. The predicted octanol–water partition coefficient (Wildman–Crippen LogP) is 1.37. The fraction of sp³-hybridized carbons (Fsp3) is 0.250. The van der Waals surface area contributed by atoms with Crippen molar-refractivity contribution in [1.29, 1.82) is 0 Å². The molecule has 0 saturated carbocycles. The molecule has 1 atom stereocenters. The largest absolute Gasteiger partial charge is 0.508 e. The van der Waals surface area contributed by atoms with Gasteiger partial charge in [0.05, 0.1) is 23.9 Å². The molecule has 0 saturated heterocycles. The molecule has 0 aliphatic carbocycles. The van der Waals surface area contributed by atoms with E-state index >= 15 is 0 Å². The summed E-state index contributed by atoms with van der Waals surface area (Å²) in [6.45, 7) is 4.50. The van der Waals surface area contributed by atoms with Gasteiger partial charge in [-0.2, -0.15) is 0 Å². The van der Waals surface area contributed by atoms with Crippen molar-refractivity contribution >= 4 is 11.9 Å². The van der Waals surface area contributed by atoms with Gasteiger partial charge in [-0.25, -0.2) is 4.79 Å². The molecular formula is C16H17N3O3. The van der Waals surface area contributed by atoms with Crippen LogP contribution in [0.1, 0.15) is 11.6 Å². The molecule has 0 bridgehead atoms. The summed E-state index contributed by atoms with van der Waals surface area (Å²) in [6.07, 6.45) is 1.67. The van der Waals surface area contributed by atoms with Gasteiger partial charge in [-0.15, -0.1) is 6.58 Å². The third kappa shape index (κ3) is 2.13. The standard InChI is InChI=1S/C16H17N3O3/c1-3-8-19-9-12-13(15(19)21)14(17-16(22)18(12)2)10-4-6-11(20)7-5-10/h3-7,14,20H,1,8-9H2,2H3,(H,17,22). The average Bonchev–Trinajstić information content (AvgIpc) is 2.82. The Morgan fingerprint density at radius 1 is 1.36 bits per heavy atom. The molecule has 0 radical (unpaired) electrons. The number of phenolic OH excluding ortho intramolecular Hbond substituents is 1. The molecule has 6 nitrogen and oxygen atoms in total. The molecule has 3 amide bonds. The summed E-state index contributed by atoms with van der Waals surface area (Å²) in [6, 6.07) is 5.76. The van der Waals surface area contributed by atoms with E-state index in [-0.39, 0.29) is 17.7 Å². The minimum absolute atomic E-state index is 0.0974. The summed E-state index contributed by atoms with van der Waals surface area (Å²) in [7, 11) is 1.66. The molecule has 2 aliphatic heterocycles. The van der Waals surface area contributed by atoms with Crippen molar-refractivity contribution < 1.29 is 14.7 Å². The van der Waals surface area contributed by atoms with Gasteiger partial charge in [-0.3, -0.25) is 9.69 Å². The SMILES string of the molecule is C=CCN1CC2=C(C1=O)C(c1ccc(O)cc1)NC(=O)N2C. The number of carbonyl (C=O) groups excluding carboxylic acids is 2. The number of nitrogens with zero attached hydrogens (tertiary/aromatic N) is 2. The number of phenols is 1. The van der Waals surface area contributed by atoms with Crippen molar-refractivity contribution in [3.05, 3.63) is 53.8 Å². The fourth-order valence-electron chi connectivity index (χ4n) is 2.84. The number of rotatable bonds is 3. The molecular weight excluding hydrogens is 282 g/mol. The van der Waals surface area contributed by atoms with Gasteiger partial charge in [0.15, 0.2) is 0 Å². The highest BCUT2D eigenvalue weighted by atomic mass is 16.3. The van der Waals surface area contributed by atoms with E-state index in [9.17, 15) is 14.7 Å². The molecule has 3 rings (SSSR count). The van der Waals surface area contributed by atoms with Crippen LogP contribution in [0.25, 0.3) is 0 Å².